The first kappa shape index (κ1) is 8.05. The van der Waals surface area contributed by atoms with Crippen molar-refractivity contribution in [1.29, 1.82) is 0 Å². The van der Waals surface area contributed by atoms with E-state index >= 15 is 0 Å². The van der Waals surface area contributed by atoms with Crippen LogP contribution < -0.4 is 0 Å². The van der Waals surface area contributed by atoms with Gasteiger partial charge in [0.2, 0.25) is 5.91 Å². The fourth-order valence-electron chi connectivity index (χ4n) is 2.30. The lowest BCUT2D eigenvalue weighted by molar-refractivity contribution is -0.153. The Kier molecular flexibility index (Phi) is 1.83. The molecule has 0 atom stereocenters. The topological polar surface area (TPSA) is 29.5 Å². The lowest BCUT2D eigenvalue weighted by Crippen LogP contribution is -2.63. The smallest absolute Gasteiger partial charge is 0.219 e. The number of ether oxygens (including phenoxy) is 1. The summed E-state index contributed by atoms with van der Waals surface area (Å²) in [6.45, 7) is 4.26. The number of nitrogens with zero attached hydrogens (tertiary/aromatic N) is 1. The van der Waals surface area contributed by atoms with Gasteiger partial charge in [-0.15, -0.1) is 0 Å². The summed E-state index contributed by atoms with van der Waals surface area (Å²) in [6, 6.07) is 0. The van der Waals surface area contributed by atoms with Gasteiger partial charge in [-0.3, -0.25) is 4.79 Å². The molecule has 2 rings (SSSR count). The lowest BCUT2D eigenvalue weighted by Gasteiger charge is -2.54. The maximum atomic E-state index is 11.2. The minimum atomic E-state index is 0.198. The van der Waals surface area contributed by atoms with Gasteiger partial charge < -0.3 is 9.64 Å². The van der Waals surface area contributed by atoms with Gasteiger partial charge in [0.15, 0.2) is 0 Å². The quantitative estimate of drug-likeness (QED) is 0.536. The first-order valence-corrected chi connectivity index (χ1v) is 4.61. The highest BCUT2D eigenvalue weighted by Crippen LogP contribution is 2.39. The summed E-state index contributed by atoms with van der Waals surface area (Å²) in [4.78, 5) is 13.2. The van der Waals surface area contributed by atoms with Gasteiger partial charge in [-0.05, 0) is 19.3 Å². The van der Waals surface area contributed by atoms with Gasteiger partial charge in [-0.25, -0.2) is 0 Å². The molecule has 0 unspecified atom stereocenters. The molecule has 0 N–H and O–H groups in total. The fraction of sp³-hybridized carbons (Fsp3) is 0.889. The zero-order chi connectivity index (χ0) is 8.60. The third-order valence-electron chi connectivity index (χ3n) is 3.18. The molecular formula is C9H15NO2. The molecule has 0 aromatic heterocycles. The number of hydrogen-bond donors (Lipinski definition) is 0. The second-order valence-electron chi connectivity index (χ2n) is 3.76. The van der Waals surface area contributed by atoms with Gasteiger partial charge in [0.1, 0.15) is 0 Å². The number of rotatable bonds is 0. The van der Waals surface area contributed by atoms with Crippen LogP contribution in [-0.2, 0) is 9.53 Å². The lowest BCUT2D eigenvalue weighted by atomic mass is 9.78. The zero-order valence-electron chi connectivity index (χ0n) is 7.51. The molecule has 2 heterocycles. The summed E-state index contributed by atoms with van der Waals surface area (Å²) in [7, 11) is 0. The molecule has 3 heteroatoms. The predicted molar refractivity (Wildman–Crippen MR) is 44.8 cm³/mol. The van der Waals surface area contributed by atoms with Crippen LogP contribution in [0.5, 0.6) is 0 Å². The minimum absolute atomic E-state index is 0.198. The maximum absolute atomic E-state index is 11.2. The van der Waals surface area contributed by atoms with Crippen LogP contribution in [0, 0.1) is 0 Å². The first-order chi connectivity index (χ1) is 5.75. The molecule has 1 spiro atoms. The predicted octanol–water partition coefficient (Wildman–Crippen LogP) is 0.788. The number of hydrogen-bond acceptors (Lipinski definition) is 2. The Morgan fingerprint density at radius 2 is 2.00 bits per heavy atom. The first-order valence-electron chi connectivity index (χ1n) is 4.61. The molecule has 0 radical (unpaired) electrons. The highest BCUT2D eigenvalue weighted by molar-refractivity contribution is 5.75. The Labute approximate surface area is 72.7 Å². The number of amides is 1. The third-order valence-corrected chi connectivity index (χ3v) is 3.18. The van der Waals surface area contributed by atoms with Crippen molar-refractivity contribution in [3.63, 3.8) is 0 Å². The molecule has 0 bridgehead atoms. The van der Waals surface area contributed by atoms with E-state index < -0.39 is 0 Å². The summed E-state index contributed by atoms with van der Waals surface area (Å²) in [5.41, 5.74) is 0.198. The summed E-state index contributed by atoms with van der Waals surface area (Å²) in [5.74, 6) is 0.225. The molecule has 2 saturated heterocycles. The van der Waals surface area contributed by atoms with Crippen LogP contribution in [0.15, 0.2) is 0 Å². The fourth-order valence-corrected chi connectivity index (χ4v) is 2.30. The van der Waals surface area contributed by atoms with E-state index in [4.69, 9.17) is 4.74 Å². The Hall–Kier alpha value is -0.570. The van der Waals surface area contributed by atoms with E-state index in [-0.39, 0.29) is 11.4 Å². The van der Waals surface area contributed by atoms with Crippen LogP contribution >= 0.6 is 0 Å². The van der Waals surface area contributed by atoms with Crippen molar-refractivity contribution in [2.24, 2.45) is 0 Å². The standard InChI is InChI=1S/C9H15NO2/c1-8(11)10-5-2-9(10)3-6-12-7-4-9/h2-7H2,1H3. The highest BCUT2D eigenvalue weighted by atomic mass is 16.5. The summed E-state index contributed by atoms with van der Waals surface area (Å²) < 4.78 is 5.29. The molecule has 0 aromatic carbocycles. The average molecular weight is 169 g/mol. The zero-order valence-corrected chi connectivity index (χ0v) is 7.51. The Morgan fingerprint density at radius 3 is 2.42 bits per heavy atom. The van der Waals surface area contributed by atoms with Gasteiger partial charge in [0.05, 0.1) is 0 Å². The average Bonchev–Trinajstić information content (AvgIpc) is 2.03. The van der Waals surface area contributed by atoms with E-state index in [1.807, 2.05) is 4.90 Å². The molecule has 0 aromatic rings. The summed E-state index contributed by atoms with van der Waals surface area (Å²) in [6.07, 6.45) is 3.25. The Balaban J connectivity index is 2.05. The maximum Gasteiger partial charge on any atom is 0.219 e. The van der Waals surface area contributed by atoms with E-state index in [1.165, 1.54) is 6.42 Å². The van der Waals surface area contributed by atoms with Crippen molar-refractivity contribution in [2.45, 2.75) is 31.7 Å². The van der Waals surface area contributed by atoms with E-state index in [1.54, 1.807) is 6.92 Å². The van der Waals surface area contributed by atoms with Gasteiger partial charge >= 0.3 is 0 Å². The molecule has 0 saturated carbocycles. The third kappa shape index (κ3) is 1.04. The monoisotopic (exact) mass is 169 g/mol. The molecule has 2 aliphatic heterocycles. The van der Waals surface area contributed by atoms with Gasteiger partial charge in [-0.1, -0.05) is 0 Å². The minimum Gasteiger partial charge on any atom is -0.381 e. The van der Waals surface area contributed by atoms with Gasteiger partial charge in [0.25, 0.3) is 0 Å². The molecule has 2 fully saturated rings. The Morgan fingerprint density at radius 1 is 1.33 bits per heavy atom. The van der Waals surface area contributed by atoms with E-state index in [0.717, 1.165) is 32.6 Å². The second kappa shape index (κ2) is 2.73. The summed E-state index contributed by atoms with van der Waals surface area (Å²) >= 11 is 0. The van der Waals surface area contributed by atoms with Crippen LogP contribution in [0.1, 0.15) is 26.2 Å². The van der Waals surface area contributed by atoms with Crippen LogP contribution in [0.3, 0.4) is 0 Å². The molecule has 68 valence electrons. The van der Waals surface area contributed by atoms with Crippen molar-refractivity contribution in [2.75, 3.05) is 19.8 Å². The highest BCUT2D eigenvalue weighted by Gasteiger charge is 2.46. The molecule has 3 nitrogen and oxygen atoms in total. The Bertz CT molecular complexity index is 197. The molecule has 0 aliphatic carbocycles. The summed E-state index contributed by atoms with van der Waals surface area (Å²) in [5, 5.41) is 0. The van der Waals surface area contributed by atoms with Gasteiger partial charge in [0, 0.05) is 32.2 Å². The normalized spacial score (nSPS) is 26.9. The molecular weight excluding hydrogens is 154 g/mol. The van der Waals surface area contributed by atoms with E-state index in [2.05, 4.69) is 0 Å². The van der Waals surface area contributed by atoms with Gasteiger partial charge in [-0.2, -0.15) is 0 Å². The number of carbonyl (C=O) groups excluding carboxylic acids is 1. The second-order valence-corrected chi connectivity index (χ2v) is 3.76. The van der Waals surface area contributed by atoms with E-state index in [9.17, 15) is 4.79 Å². The van der Waals surface area contributed by atoms with Crippen LogP contribution in [0.2, 0.25) is 0 Å². The van der Waals surface area contributed by atoms with Crippen LogP contribution in [-0.4, -0.2) is 36.1 Å². The number of carbonyl (C=O) groups is 1. The molecule has 2 aliphatic rings. The van der Waals surface area contributed by atoms with Crippen molar-refractivity contribution in [1.82, 2.24) is 4.90 Å². The number of likely N-dealkylation sites (tertiary alicyclic amines) is 1. The van der Waals surface area contributed by atoms with Crippen LogP contribution in [0.25, 0.3) is 0 Å². The molecule has 12 heavy (non-hydrogen) atoms. The van der Waals surface area contributed by atoms with Crippen LogP contribution in [0.4, 0.5) is 0 Å². The van der Waals surface area contributed by atoms with Crippen molar-refractivity contribution in [3.05, 3.63) is 0 Å². The van der Waals surface area contributed by atoms with Crippen molar-refractivity contribution in [3.8, 4) is 0 Å². The molecule has 1 amide bonds. The van der Waals surface area contributed by atoms with Crippen molar-refractivity contribution < 1.29 is 9.53 Å². The van der Waals surface area contributed by atoms with E-state index in [0.29, 0.717) is 0 Å². The largest absolute Gasteiger partial charge is 0.381 e. The SMILES string of the molecule is CC(=O)N1CCC12CCOCC2. The van der Waals surface area contributed by atoms with Crippen molar-refractivity contribution >= 4 is 5.91 Å².